The van der Waals surface area contributed by atoms with Gasteiger partial charge in [0.25, 0.3) is 0 Å². The second kappa shape index (κ2) is 8.73. The average Bonchev–Trinajstić information content (AvgIpc) is 2.65. The molecule has 3 rings (SSSR count). The lowest BCUT2D eigenvalue weighted by Gasteiger charge is -2.33. The molecule has 1 aliphatic rings. The van der Waals surface area contributed by atoms with Gasteiger partial charge in [0.2, 0.25) is 0 Å². The van der Waals surface area contributed by atoms with E-state index in [1.807, 2.05) is 54.6 Å². The van der Waals surface area contributed by atoms with E-state index in [2.05, 4.69) is 33.1 Å². The highest BCUT2D eigenvalue weighted by Gasteiger charge is 2.38. The Morgan fingerprint density at radius 1 is 1.11 bits per heavy atom. The third kappa shape index (κ3) is 4.89. The number of nitrogens with one attached hydrogen (secondary N) is 2. The lowest BCUT2D eigenvalue weighted by atomic mass is 9.89. The van der Waals surface area contributed by atoms with Crippen molar-refractivity contribution in [1.82, 2.24) is 10.6 Å². The molecule has 2 aromatic rings. The van der Waals surface area contributed by atoms with Gasteiger partial charge in [-0.25, -0.2) is 4.79 Å². The van der Waals surface area contributed by atoms with Crippen LogP contribution in [0.2, 0.25) is 0 Å². The van der Waals surface area contributed by atoms with Gasteiger partial charge in [0, 0.05) is 10.2 Å². The van der Waals surface area contributed by atoms with Crippen LogP contribution < -0.4 is 15.4 Å². The zero-order valence-electron chi connectivity index (χ0n) is 14.5. The molecule has 2 N–H and O–H groups in total. The van der Waals surface area contributed by atoms with Gasteiger partial charge >= 0.3 is 12.0 Å². The standard InChI is InChI=1S/C20H19BrN2O4/c1-13-17(19(24)27-11-10-26-16-8-3-2-4-9-16)18(23-20(25)22-13)14-6-5-7-15(21)12-14/h2-9,12,17-18H,1,10-11H2,(H2,22,23,25)/t17-,18+/m0/s1. The molecule has 2 aromatic carbocycles. The second-order valence-electron chi connectivity index (χ2n) is 5.96. The first-order valence-electron chi connectivity index (χ1n) is 8.41. The predicted molar refractivity (Wildman–Crippen MR) is 104 cm³/mol. The van der Waals surface area contributed by atoms with Gasteiger partial charge < -0.3 is 20.1 Å². The molecule has 2 amide bonds. The molecule has 7 heteroatoms. The van der Waals surface area contributed by atoms with Gasteiger partial charge in [0.15, 0.2) is 0 Å². The van der Waals surface area contributed by atoms with Crippen LogP contribution in [0.15, 0.2) is 71.3 Å². The third-order valence-corrected chi connectivity index (χ3v) is 4.56. The van der Waals surface area contributed by atoms with Crippen LogP contribution in [-0.2, 0) is 9.53 Å². The number of esters is 1. The Morgan fingerprint density at radius 2 is 1.89 bits per heavy atom. The van der Waals surface area contributed by atoms with Crippen molar-refractivity contribution >= 4 is 27.9 Å². The number of carbonyl (C=O) groups is 2. The summed E-state index contributed by atoms with van der Waals surface area (Å²) in [4.78, 5) is 24.5. The quantitative estimate of drug-likeness (QED) is 0.542. The van der Waals surface area contributed by atoms with E-state index in [4.69, 9.17) is 9.47 Å². The molecule has 2 atom stereocenters. The summed E-state index contributed by atoms with van der Waals surface area (Å²) >= 11 is 3.41. The molecule has 140 valence electrons. The molecule has 27 heavy (non-hydrogen) atoms. The van der Waals surface area contributed by atoms with E-state index >= 15 is 0 Å². The molecule has 1 fully saturated rings. The second-order valence-corrected chi connectivity index (χ2v) is 6.88. The largest absolute Gasteiger partial charge is 0.490 e. The van der Waals surface area contributed by atoms with Crippen LogP contribution in [0.25, 0.3) is 0 Å². The van der Waals surface area contributed by atoms with E-state index in [9.17, 15) is 9.59 Å². The SMILES string of the molecule is C=C1NC(=O)N[C@H](c2cccc(Br)c2)[C@H]1C(=O)OCCOc1ccccc1. The number of para-hydroxylation sites is 1. The Hall–Kier alpha value is -2.80. The average molecular weight is 431 g/mol. The molecule has 1 saturated heterocycles. The van der Waals surface area contributed by atoms with Crippen molar-refractivity contribution in [1.29, 1.82) is 0 Å². The Morgan fingerprint density at radius 3 is 2.63 bits per heavy atom. The van der Waals surface area contributed by atoms with E-state index in [0.717, 1.165) is 10.0 Å². The molecule has 0 saturated carbocycles. The van der Waals surface area contributed by atoms with Gasteiger partial charge in [-0.2, -0.15) is 0 Å². The maximum absolute atomic E-state index is 12.7. The predicted octanol–water partition coefficient (Wildman–Crippen LogP) is 3.56. The summed E-state index contributed by atoms with van der Waals surface area (Å²) in [5, 5.41) is 5.33. The summed E-state index contributed by atoms with van der Waals surface area (Å²) in [6.45, 7) is 4.15. The van der Waals surface area contributed by atoms with E-state index in [1.165, 1.54) is 0 Å². The molecule has 0 aliphatic carbocycles. The Balaban J connectivity index is 1.64. The maximum atomic E-state index is 12.7. The zero-order chi connectivity index (χ0) is 19.2. The van der Waals surface area contributed by atoms with Crippen LogP contribution in [-0.4, -0.2) is 25.2 Å². The first-order chi connectivity index (χ1) is 13.0. The van der Waals surface area contributed by atoms with Crippen LogP contribution in [0.5, 0.6) is 5.75 Å². The summed E-state index contributed by atoms with van der Waals surface area (Å²) in [7, 11) is 0. The summed E-state index contributed by atoms with van der Waals surface area (Å²) in [5.41, 5.74) is 1.08. The van der Waals surface area contributed by atoms with Crippen LogP contribution in [0, 0.1) is 5.92 Å². The fourth-order valence-electron chi connectivity index (χ4n) is 2.85. The number of urea groups is 1. The van der Waals surface area contributed by atoms with Crippen molar-refractivity contribution in [2.24, 2.45) is 5.92 Å². The number of hydrogen-bond acceptors (Lipinski definition) is 4. The molecule has 0 radical (unpaired) electrons. The first kappa shape index (κ1) is 19.0. The van der Waals surface area contributed by atoms with Crippen LogP contribution in [0.3, 0.4) is 0 Å². The van der Waals surface area contributed by atoms with Crippen LogP contribution in [0.4, 0.5) is 4.79 Å². The van der Waals surface area contributed by atoms with Crippen LogP contribution >= 0.6 is 15.9 Å². The molecule has 0 unspecified atom stereocenters. The lowest BCUT2D eigenvalue weighted by molar-refractivity contribution is -0.149. The topological polar surface area (TPSA) is 76.7 Å². The summed E-state index contributed by atoms with van der Waals surface area (Å²) in [6, 6.07) is 15.7. The maximum Gasteiger partial charge on any atom is 0.319 e. The Labute approximate surface area is 165 Å². The Kier molecular flexibility index (Phi) is 6.13. The highest BCUT2D eigenvalue weighted by atomic mass is 79.9. The number of benzene rings is 2. The number of hydrogen-bond donors (Lipinski definition) is 2. The molecule has 1 aliphatic heterocycles. The number of amides is 2. The summed E-state index contributed by atoms with van der Waals surface area (Å²) in [6.07, 6.45) is 0. The van der Waals surface area contributed by atoms with Gasteiger partial charge in [0.05, 0.1) is 6.04 Å². The highest BCUT2D eigenvalue weighted by molar-refractivity contribution is 9.10. The van der Waals surface area contributed by atoms with Gasteiger partial charge in [-0.1, -0.05) is 52.8 Å². The zero-order valence-corrected chi connectivity index (χ0v) is 16.1. The van der Waals surface area contributed by atoms with Crippen molar-refractivity contribution in [2.75, 3.05) is 13.2 Å². The van der Waals surface area contributed by atoms with E-state index in [0.29, 0.717) is 11.4 Å². The molecule has 1 heterocycles. The summed E-state index contributed by atoms with van der Waals surface area (Å²) < 4.78 is 11.7. The number of carbonyl (C=O) groups excluding carboxylic acids is 2. The Bertz CT molecular complexity index is 841. The molecule has 0 aromatic heterocycles. The molecule has 0 spiro atoms. The molecule has 0 bridgehead atoms. The highest BCUT2D eigenvalue weighted by Crippen LogP contribution is 2.31. The minimum absolute atomic E-state index is 0.0939. The fourth-order valence-corrected chi connectivity index (χ4v) is 3.26. The van der Waals surface area contributed by atoms with Crippen molar-refractivity contribution in [2.45, 2.75) is 6.04 Å². The third-order valence-electron chi connectivity index (χ3n) is 4.07. The minimum atomic E-state index is -0.742. The fraction of sp³-hybridized carbons (Fsp3) is 0.200. The number of ether oxygens (including phenoxy) is 2. The molecular weight excluding hydrogens is 412 g/mol. The molecular formula is C20H19BrN2O4. The smallest absolute Gasteiger partial charge is 0.319 e. The normalized spacial score (nSPS) is 19.0. The van der Waals surface area contributed by atoms with Crippen molar-refractivity contribution in [3.8, 4) is 5.75 Å². The van der Waals surface area contributed by atoms with E-state index < -0.39 is 24.0 Å². The van der Waals surface area contributed by atoms with Gasteiger partial charge in [0.1, 0.15) is 24.9 Å². The van der Waals surface area contributed by atoms with Crippen molar-refractivity contribution in [3.05, 3.63) is 76.9 Å². The monoisotopic (exact) mass is 430 g/mol. The van der Waals surface area contributed by atoms with Gasteiger partial charge in [-0.15, -0.1) is 0 Å². The van der Waals surface area contributed by atoms with E-state index in [1.54, 1.807) is 0 Å². The van der Waals surface area contributed by atoms with Crippen molar-refractivity contribution < 1.29 is 19.1 Å². The van der Waals surface area contributed by atoms with Crippen molar-refractivity contribution in [3.63, 3.8) is 0 Å². The summed E-state index contributed by atoms with van der Waals surface area (Å²) in [5.74, 6) is -0.514. The number of rotatable bonds is 6. The minimum Gasteiger partial charge on any atom is -0.490 e. The van der Waals surface area contributed by atoms with Crippen LogP contribution in [0.1, 0.15) is 11.6 Å². The molecule has 6 nitrogen and oxygen atoms in total. The lowest BCUT2D eigenvalue weighted by Crippen LogP contribution is -2.51. The van der Waals surface area contributed by atoms with Gasteiger partial charge in [-0.05, 0) is 29.8 Å². The first-order valence-corrected chi connectivity index (χ1v) is 9.20. The van der Waals surface area contributed by atoms with Gasteiger partial charge in [-0.3, -0.25) is 4.79 Å². The number of halogens is 1. The van der Waals surface area contributed by atoms with E-state index in [-0.39, 0.29) is 13.2 Å².